The zero-order chi connectivity index (χ0) is 25.1. The summed E-state index contributed by atoms with van der Waals surface area (Å²) in [4.78, 5) is 23.9. The van der Waals surface area contributed by atoms with Gasteiger partial charge in [0.2, 0.25) is 0 Å². The van der Waals surface area contributed by atoms with E-state index in [4.69, 9.17) is 27.6 Å². The highest BCUT2D eigenvalue weighted by Crippen LogP contribution is 2.25. The molecule has 1 fully saturated rings. The number of hydrogen-bond acceptors (Lipinski definition) is 10. The van der Waals surface area contributed by atoms with E-state index in [0.717, 1.165) is 0 Å². The van der Waals surface area contributed by atoms with Crippen LogP contribution < -0.4 is 4.57 Å². The summed E-state index contributed by atoms with van der Waals surface area (Å²) in [5, 5.41) is 28.9. The Morgan fingerprint density at radius 1 is 1.22 bits per heavy atom. The van der Waals surface area contributed by atoms with Crippen LogP contribution in [-0.2, 0) is 24.4 Å². The van der Waals surface area contributed by atoms with Crippen molar-refractivity contribution in [1.82, 2.24) is 0 Å². The highest BCUT2D eigenvalue weighted by molar-refractivity contribution is 7.86. The van der Waals surface area contributed by atoms with E-state index in [1.54, 1.807) is 20.8 Å². The fourth-order valence-corrected chi connectivity index (χ4v) is 2.19. The minimum Gasteiger partial charge on any atom is -0.741 e. The van der Waals surface area contributed by atoms with Crippen molar-refractivity contribution in [3.05, 3.63) is 30.1 Å². The Morgan fingerprint density at radius 3 is 2.16 bits per heavy atom. The third-order valence-electron chi connectivity index (χ3n) is 3.95. The molecule has 11 nitrogen and oxygen atoms in total. The molecule has 0 aliphatic carbocycles. The number of aliphatic hydroxyl groups is 3. The van der Waals surface area contributed by atoms with Crippen molar-refractivity contribution < 1.29 is 65.1 Å². The van der Waals surface area contributed by atoms with Crippen molar-refractivity contribution in [2.45, 2.75) is 50.8 Å². The lowest BCUT2D eigenvalue weighted by atomic mass is 9.97. The molecule has 2 rings (SSSR count). The van der Waals surface area contributed by atoms with E-state index in [-0.39, 0.29) is 5.56 Å². The van der Waals surface area contributed by atoms with Gasteiger partial charge >= 0.3 is 17.4 Å². The van der Waals surface area contributed by atoms with E-state index in [9.17, 15) is 33.0 Å². The molecule has 1 aliphatic heterocycles. The van der Waals surface area contributed by atoms with E-state index in [1.807, 2.05) is 0 Å². The molecular weight excluding hydrogens is 467 g/mol. The zero-order valence-electron chi connectivity index (χ0n) is 17.0. The molecule has 0 spiro atoms. The summed E-state index contributed by atoms with van der Waals surface area (Å²) in [6.45, 7) is 4.45. The van der Waals surface area contributed by atoms with Gasteiger partial charge in [-0.25, -0.2) is 13.2 Å². The predicted molar refractivity (Wildman–Crippen MR) is 95.3 cm³/mol. The average Bonchev–Trinajstić information content (AvgIpc) is 2.94. The molecule has 0 saturated carbocycles. The third-order valence-corrected chi connectivity index (χ3v) is 4.52. The summed E-state index contributed by atoms with van der Waals surface area (Å²) in [5.74, 6) is -1.48. The Kier molecular flexibility index (Phi) is 8.87. The van der Waals surface area contributed by atoms with Gasteiger partial charge in [-0.2, -0.15) is 17.7 Å². The van der Waals surface area contributed by atoms with Crippen LogP contribution in [0, 0.1) is 5.41 Å². The largest absolute Gasteiger partial charge is 0.741 e. The lowest BCUT2D eigenvalue weighted by molar-refractivity contribution is -0.765. The average molecular weight is 489 g/mol. The van der Waals surface area contributed by atoms with Crippen molar-refractivity contribution in [3.8, 4) is 0 Å². The fourth-order valence-electron chi connectivity index (χ4n) is 2.19. The molecule has 2 heterocycles. The van der Waals surface area contributed by atoms with Gasteiger partial charge in [-0.1, -0.05) is 0 Å². The van der Waals surface area contributed by atoms with Crippen molar-refractivity contribution in [2.75, 3.05) is 6.61 Å². The normalized spacial score (nSPS) is 23.8. The second-order valence-electron chi connectivity index (χ2n) is 7.60. The molecule has 3 N–H and O–H groups in total. The standard InChI is InChI=1S/C16H22NO7.CHF3O3S/c1-16(2,3)15(22)24-14(21)9-5-4-6-17(7-9)13-12(20)11(19)10(8-18)23-13;2-1(3,4)8(5,6)7/h4-7,10-13,18-20H,8H2,1-3H3;(H,5,6,7)/q+1;/p-1/t10-,11-,12-,13-;/m1./s1. The van der Waals surface area contributed by atoms with Gasteiger partial charge in [0, 0.05) is 6.07 Å². The third kappa shape index (κ3) is 7.18. The first-order valence-corrected chi connectivity index (χ1v) is 10.2. The molecule has 4 atom stereocenters. The van der Waals surface area contributed by atoms with E-state index >= 15 is 0 Å². The summed E-state index contributed by atoms with van der Waals surface area (Å²) in [7, 11) is -6.09. The molecule has 0 aromatic carbocycles. The van der Waals surface area contributed by atoms with Gasteiger partial charge in [0.05, 0.1) is 12.0 Å². The number of halogens is 3. The van der Waals surface area contributed by atoms with Crippen LogP contribution in [0.2, 0.25) is 0 Å². The Hall–Kier alpha value is -2.17. The summed E-state index contributed by atoms with van der Waals surface area (Å²) in [5.41, 5.74) is -6.37. The smallest absolute Gasteiger partial charge is 0.485 e. The molecule has 1 saturated heterocycles. The second kappa shape index (κ2) is 10.2. The first kappa shape index (κ1) is 27.9. The van der Waals surface area contributed by atoms with Crippen molar-refractivity contribution in [1.29, 1.82) is 0 Å². The Labute approximate surface area is 180 Å². The van der Waals surface area contributed by atoms with Crippen LogP contribution >= 0.6 is 0 Å². The first-order chi connectivity index (χ1) is 14.4. The SMILES string of the molecule is CC(C)(C)C(=O)OC(=O)c1ccc[n+]([C@@H]2O[C@H](CO)[C@@H](O)[C@H]2O)c1.O=S(=O)([O-])C(F)(F)F. The van der Waals surface area contributed by atoms with Gasteiger partial charge in [0.1, 0.15) is 17.8 Å². The lowest BCUT2D eigenvalue weighted by Gasteiger charge is -2.15. The van der Waals surface area contributed by atoms with E-state index in [0.29, 0.717) is 0 Å². The van der Waals surface area contributed by atoms with Gasteiger partial charge in [0.15, 0.2) is 28.6 Å². The zero-order valence-corrected chi connectivity index (χ0v) is 17.8. The fraction of sp³-hybridized carbons (Fsp3) is 0.588. The van der Waals surface area contributed by atoms with E-state index in [1.165, 1.54) is 29.1 Å². The second-order valence-corrected chi connectivity index (χ2v) is 8.97. The maximum Gasteiger partial charge on any atom is 0.485 e. The summed E-state index contributed by atoms with van der Waals surface area (Å²) < 4.78 is 70.5. The number of hydrogen-bond donors (Lipinski definition) is 3. The number of aromatic nitrogens is 1. The molecular formula is C17H22F3NO10S. The highest BCUT2D eigenvalue weighted by atomic mass is 32.2. The Balaban J connectivity index is 0.000000547. The number of carbonyl (C=O) groups excluding carboxylic acids is 2. The number of aliphatic hydroxyl groups excluding tert-OH is 3. The quantitative estimate of drug-likeness (QED) is 0.163. The van der Waals surface area contributed by atoms with Crippen LogP contribution in [0.15, 0.2) is 24.5 Å². The molecule has 0 bridgehead atoms. The Bertz CT molecular complexity index is 929. The van der Waals surface area contributed by atoms with E-state index < -0.39 is 64.1 Å². The van der Waals surface area contributed by atoms with Crippen molar-refractivity contribution >= 4 is 22.1 Å². The summed E-state index contributed by atoms with van der Waals surface area (Å²) >= 11 is 0. The van der Waals surface area contributed by atoms with Crippen LogP contribution in [0.4, 0.5) is 13.2 Å². The number of pyridine rings is 1. The van der Waals surface area contributed by atoms with Gasteiger partial charge in [-0.3, -0.25) is 4.79 Å². The topological polar surface area (TPSA) is 174 Å². The molecule has 15 heteroatoms. The van der Waals surface area contributed by atoms with Crippen LogP contribution in [0.1, 0.15) is 37.4 Å². The summed E-state index contributed by atoms with van der Waals surface area (Å²) in [6, 6.07) is 2.98. The molecule has 0 amide bonds. The number of esters is 2. The minimum atomic E-state index is -6.09. The van der Waals surface area contributed by atoms with E-state index in [2.05, 4.69) is 0 Å². The number of ether oxygens (including phenoxy) is 2. The maximum atomic E-state index is 12.1. The molecule has 0 unspecified atom stereocenters. The van der Waals surface area contributed by atoms with Crippen molar-refractivity contribution in [2.24, 2.45) is 5.41 Å². The minimum absolute atomic E-state index is 0.0906. The number of nitrogens with zero attached hydrogens (tertiary/aromatic N) is 1. The monoisotopic (exact) mass is 489 g/mol. The van der Waals surface area contributed by atoms with Crippen LogP contribution in [0.5, 0.6) is 0 Å². The lowest BCUT2D eigenvalue weighted by Crippen LogP contribution is -2.46. The van der Waals surface area contributed by atoms with Crippen LogP contribution in [0.25, 0.3) is 0 Å². The predicted octanol–water partition coefficient (Wildman–Crippen LogP) is -0.633. The first-order valence-electron chi connectivity index (χ1n) is 8.82. The van der Waals surface area contributed by atoms with Gasteiger partial charge in [0.25, 0.3) is 6.23 Å². The molecule has 182 valence electrons. The maximum absolute atomic E-state index is 12.1. The Morgan fingerprint density at radius 2 is 1.75 bits per heavy atom. The highest BCUT2D eigenvalue weighted by Gasteiger charge is 2.48. The molecule has 32 heavy (non-hydrogen) atoms. The van der Waals surface area contributed by atoms with Crippen LogP contribution in [-0.4, -0.2) is 70.7 Å². The van der Waals surface area contributed by atoms with Gasteiger partial charge in [-0.15, -0.1) is 0 Å². The number of carbonyl (C=O) groups is 2. The number of rotatable bonds is 3. The van der Waals surface area contributed by atoms with Crippen LogP contribution in [0.3, 0.4) is 0 Å². The van der Waals surface area contributed by atoms with Crippen molar-refractivity contribution in [3.63, 3.8) is 0 Å². The number of alkyl halides is 3. The molecule has 1 aromatic heterocycles. The molecule has 1 aromatic rings. The molecule has 1 aliphatic rings. The van der Waals surface area contributed by atoms with Gasteiger partial charge in [-0.05, 0) is 26.8 Å². The van der Waals surface area contributed by atoms with Gasteiger partial charge < -0.3 is 29.3 Å². The summed E-state index contributed by atoms with van der Waals surface area (Å²) in [6.07, 6.45) is -1.53. The molecule has 0 radical (unpaired) electrons.